The smallest absolute Gasteiger partial charge is 0.364 e. The standard InChI is InChI=1S/C8H16NO5PS/c1-4-13-15(11,14-5-2)7(9-6-16)8(10)12-3/h6-7H,4-5H2,1-3H3,(H,9,16). The molecule has 0 amide bonds. The molecule has 1 N–H and O–H groups in total. The molecule has 0 rings (SSSR count). The highest BCUT2D eigenvalue weighted by Crippen LogP contribution is 2.52. The molecule has 0 saturated carbocycles. The van der Waals surface area contributed by atoms with Gasteiger partial charge in [0, 0.05) is 0 Å². The van der Waals surface area contributed by atoms with Crippen molar-refractivity contribution in [1.29, 1.82) is 0 Å². The Morgan fingerprint density at radius 3 is 2.25 bits per heavy atom. The summed E-state index contributed by atoms with van der Waals surface area (Å²) in [6.07, 6.45) is 0. The van der Waals surface area contributed by atoms with Gasteiger partial charge in [-0.3, -0.25) is 4.57 Å². The highest BCUT2D eigenvalue weighted by Gasteiger charge is 2.41. The molecule has 0 spiro atoms. The molecular formula is C8H16NO5PS. The first-order valence-electron chi connectivity index (χ1n) is 4.72. The lowest BCUT2D eigenvalue weighted by molar-refractivity contribution is -0.140. The molecule has 0 heterocycles. The molecule has 94 valence electrons. The van der Waals surface area contributed by atoms with E-state index in [4.69, 9.17) is 9.05 Å². The van der Waals surface area contributed by atoms with E-state index in [0.29, 0.717) is 0 Å². The van der Waals surface area contributed by atoms with Crippen LogP contribution in [0, 0.1) is 0 Å². The average Bonchev–Trinajstić information content (AvgIpc) is 2.25. The highest BCUT2D eigenvalue weighted by molar-refractivity contribution is 7.78. The number of thiocarbonyl (C=S) groups is 1. The number of hydrogen-bond donors (Lipinski definition) is 1. The third-order valence-electron chi connectivity index (χ3n) is 1.58. The lowest BCUT2D eigenvalue weighted by atomic mass is 10.6. The van der Waals surface area contributed by atoms with Crippen LogP contribution in [0.2, 0.25) is 0 Å². The van der Waals surface area contributed by atoms with Gasteiger partial charge in [0.2, 0.25) is 5.78 Å². The second kappa shape index (κ2) is 7.73. The number of methoxy groups -OCH3 is 1. The quantitative estimate of drug-likeness (QED) is 0.404. The fourth-order valence-electron chi connectivity index (χ4n) is 1.01. The minimum Gasteiger partial charge on any atom is -0.467 e. The van der Waals surface area contributed by atoms with Gasteiger partial charge in [-0.1, -0.05) is 12.2 Å². The number of carbonyl (C=O) groups excluding carboxylic acids is 1. The van der Waals surface area contributed by atoms with E-state index >= 15 is 0 Å². The second-order valence-electron chi connectivity index (χ2n) is 2.59. The van der Waals surface area contributed by atoms with Gasteiger partial charge < -0.3 is 19.1 Å². The fourth-order valence-corrected chi connectivity index (χ4v) is 2.96. The Morgan fingerprint density at radius 1 is 1.44 bits per heavy atom. The Morgan fingerprint density at radius 2 is 1.94 bits per heavy atom. The van der Waals surface area contributed by atoms with Crippen molar-refractivity contribution < 1.29 is 23.1 Å². The molecule has 0 aromatic heterocycles. The van der Waals surface area contributed by atoms with E-state index in [9.17, 15) is 9.36 Å². The predicted molar refractivity (Wildman–Crippen MR) is 63.5 cm³/mol. The molecule has 0 fully saturated rings. The molecule has 0 aromatic rings. The third kappa shape index (κ3) is 4.17. The Balaban J connectivity index is 4.99. The van der Waals surface area contributed by atoms with Crippen molar-refractivity contribution in [2.75, 3.05) is 20.3 Å². The van der Waals surface area contributed by atoms with E-state index in [2.05, 4.69) is 22.3 Å². The van der Waals surface area contributed by atoms with Gasteiger partial charge in [0.15, 0.2) is 0 Å². The molecule has 0 saturated heterocycles. The first-order chi connectivity index (χ1) is 7.55. The van der Waals surface area contributed by atoms with Crippen molar-refractivity contribution in [2.45, 2.75) is 19.6 Å². The van der Waals surface area contributed by atoms with Gasteiger partial charge in [-0.15, -0.1) is 0 Å². The zero-order valence-corrected chi connectivity index (χ0v) is 11.2. The lowest BCUT2D eigenvalue weighted by Gasteiger charge is -2.23. The van der Waals surface area contributed by atoms with Gasteiger partial charge in [-0.05, 0) is 13.8 Å². The molecule has 1 unspecified atom stereocenters. The van der Waals surface area contributed by atoms with Crippen LogP contribution in [0.25, 0.3) is 0 Å². The van der Waals surface area contributed by atoms with Crippen LogP contribution in [0.4, 0.5) is 0 Å². The van der Waals surface area contributed by atoms with Gasteiger partial charge in [0.05, 0.1) is 25.8 Å². The van der Waals surface area contributed by atoms with Gasteiger partial charge in [-0.2, -0.15) is 0 Å². The van der Waals surface area contributed by atoms with Crippen LogP contribution in [0.5, 0.6) is 0 Å². The number of ether oxygens (including phenoxy) is 1. The molecule has 8 heteroatoms. The van der Waals surface area contributed by atoms with Crippen LogP contribution < -0.4 is 5.32 Å². The Kier molecular flexibility index (Phi) is 7.49. The van der Waals surface area contributed by atoms with Crippen LogP contribution in [-0.2, 0) is 23.1 Å². The van der Waals surface area contributed by atoms with E-state index in [1.165, 1.54) is 7.11 Å². The topological polar surface area (TPSA) is 73.9 Å². The van der Waals surface area contributed by atoms with Crippen LogP contribution >= 0.6 is 19.8 Å². The fraction of sp³-hybridized carbons (Fsp3) is 0.750. The molecule has 0 aromatic carbocycles. The van der Waals surface area contributed by atoms with E-state index < -0.39 is 19.3 Å². The maximum absolute atomic E-state index is 12.2. The van der Waals surface area contributed by atoms with Gasteiger partial charge >= 0.3 is 13.6 Å². The minimum atomic E-state index is -3.60. The van der Waals surface area contributed by atoms with Crippen molar-refractivity contribution in [1.82, 2.24) is 5.32 Å². The first kappa shape index (κ1) is 15.5. The van der Waals surface area contributed by atoms with E-state index in [1.54, 1.807) is 13.8 Å². The summed E-state index contributed by atoms with van der Waals surface area (Å²) in [4.78, 5) is 11.4. The number of esters is 1. The van der Waals surface area contributed by atoms with Crippen LogP contribution in [-0.4, -0.2) is 37.6 Å². The molecule has 6 nitrogen and oxygen atoms in total. The van der Waals surface area contributed by atoms with Crippen molar-refractivity contribution in [3.8, 4) is 0 Å². The van der Waals surface area contributed by atoms with Crippen LogP contribution in [0.15, 0.2) is 0 Å². The predicted octanol–water partition coefficient (Wildman–Crippen LogP) is 1.30. The molecule has 0 aliphatic carbocycles. The molecule has 0 bridgehead atoms. The summed E-state index contributed by atoms with van der Waals surface area (Å²) in [7, 11) is -2.42. The first-order valence-corrected chi connectivity index (χ1v) is 6.80. The zero-order chi connectivity index (χ0) is 12.6. The van der Waals surface area contributed by atoms with E-state index in [0.717, 1.165) is 5.49 Å². The maximum atomic E-state index is 12.2. The van der Waals surface area contributed by atoms with Crippen molar-refractivity contribution in [3.05, 3.63) is 0 Å². The van der Waals surface area contributed by atoms with Gasteiger partial charge in [0.25, 0.3) is 0 Å². The summed E-state index contributed by atoms with van der Waals surface area (Å²) in [5.41, 5.74) is 1.08. The Hall–Kier alpha value is -0.490. The van der Waals surface area contributed by atoms with Gasteiger partial charge in [0.1, 0.15) is 0 Å². The number of hydrogen-bond acceptors (Lipinski definition) is 6. The molecular weight excluding hydrogens is 253 g/mol. The second-order valence-corrected chi connectivity index (χ2v) is 4.93. The molecule has 16 heavy (non-hydrogen) atoms. The molecule has 0 aliphatic rings. The zero-order valence-electron chi connectivity index (χ0n) is 9.47. The summed E-state index contributed by atoms with van der Waals surface area (Å²) in [5, 5.41) is 2.45. The number of nitrogens with one attached hydrogen (secondary N) is 1. The number of carbonyl (C=O) groups is 1. The Bertz CT molecular complexity index is 276. The van der Waals surface area contributed by atoms with Crippen molar-refractivity contribution in [3.63, 3.8) is 0 Å². The van der Waals surface area contributed by atoms with E-state index in [1.807, 2.05) is 0 Å². The summed E-state index contributed by atoms with van der Waals surface area (Å²) >= 11 is 4.56. The number of rotatable bonds is 8. The Labute approximate surface area is 100 Å². The third-order valence-corrected chi connectivity index (χ3v) is 3.95. The summed E-state index contributed by atoms with van der Waals surface area (Å²) < 4.78 is 26.8. The summed E-state index contributed by atoms with van der Waals surface area (Å²) in [6, 6.07) is 0. The largest absolute Gasteiger partial charge is 0.467 e. The average molecular weight is 269 g/mol. The highest BCUT2D eigenvalue weighted by atomic mass is 32.1. The SMILES string of the molecule is CCOP(=O)(OCC)C(NC=S)C(=O)OC. The normalized spacial score (nSPS) is 12.9. The minimum absolute atomic E-state index is 0.157. The van der Waals surface area contributed by atoms with Gasteiger partial charge in [-0.25, -0.2) is 4.79 Å². The van der Waals surface area contributed by atoms with Crippen molar-refractivity contribution in [2.24, 2.45) is 0 Å². The molecule has 0 aliphatic heterocycles. The molecule has 0 radical (unpaired) electrons. The van der Waals surface area contributed by atoms with Crippen LogP contribution in [0.3, 0.4) is 0 Å². The summed E-state index contributed by atoms with van der Waals surface area (Å²) in [5.74, 6) is -1.97. The summed E-state index contributed by atoms with van der Waals surface area (Å²) in [6.45, 7) is 3.61. The van der Waals surface area contributed by atoms with Crippen LogP contribution in [0.1, 0.15) is 13.8 Å². The maximum Gasteiger partial charge on any atom is 0.364 e. The molecule has 1 atom stereocenters. The van der Waals surface area contributed by atoms with Crippen molar-refractivity contribution >= 4 is 31.3 Å². The monoisotopic (exact) mass is 269 g/mol. The lowest BCUT2D eigenvalue weighted by Crippen LogP contribution is -2.37. The van der Waals surface area contributed by atoms with E-state index in [-0.39, 0.29) is 13.2 Å².